The van der Waals surface area contributed by atoms with Gasteiger partial charge in [0.1, 0.15) is 5.76 Å². The molecule has 0 bridgehead atoms. The molecule has 2 spiro atoms. The van der Waals surface area contributed by atoms with Gasteiger partial charge in [0.15, 0.2) is 5.79 Å². The SMILES string of the molecule is C1=CC23OC2=CCC=C3C2(C1)OCCO2. The molecule has 15 heavy (non-hydrogen) atoms. The monoisotopic (exact) mass is 204 g/mol. The maximum atomic E-state index is 5.79. The number of epoxide rings is 1. The van der Waals surface area contributed by atoms with Gasteiger partial charge in [-0.05, 0) is 18.6 Å². The maximum absolute atomic E-state index is 5.79. The van der Waals surface area contributed by atoms with Crippen molar-refractivity contribution in [3.05, 3.63) is 35.6 Å². The Labute approximate surface area is 88.0 Å². The lowest BCUT2D eigenvalue weighted by Gasteiger charge is -2.34. The molecule has 3 nitrogen and oxygen atoms in total. The van der Waals surface area contributed by atoms with Gasteiger partial charge in [-0.25, -0.2) is 0 Å². The fourth-order valence-electron chi connectivity index (χ4n) is 2.83. The van der Waals surface area contributed by atoms with Crippen LogP contribution in [-0.2, 0) is 14.2 Å². The van der Waals surface area contributed by atoms with E-state index < -0.39 is 5.79 Å². The van der Waals surface area contributed by atoms with Crippen LogP contribution in [0.2, 0.25) is 0 Å². The number of ether oxygens (including phenoxy) is 3. The van der Waals surface area contributed by atoms with Crippen molar-refractivity contribution in [3.8, 4) is 0 Å². The summed E-state index contributed by atoms with van der Waals surface area (Å²) in [4.78, 5) is 0. The molecule has 0 aromatic carbocycles. The number of fused-ring (bicyclic) bond motifs is 1. The van der Waals surface area contributed by atoms with Crippen LogP contribution in [0.4, 0.5) is 0 Å². The minimum Gasteiger partial charge on any atom is -0.470 e. The number of allylic oxidation sites excluding steroid dienone is 2. The third-order valence-corrected chi connectivity index (χ3v) is 3.52. The second kappa shape index (κ2) is 2.36. The van der Waals surface area contributed by atoms with Crippen LogP contribution < -0.4 is 0 Å². The molecule has 0 N–H and O–H groups in total. The van der Waals surface area contributed by atoms with Crippen molar-refractivity contribution < 1.29 is 14.2 Å². The van der Waals surface area contributed by atoms with Crippen molar-refractivity contribution >= 4 is 0 Å². The Bertz CT molecular complexity index is 413. The lowest BCUT2D eigenvalue weighted by molar-refractivity contribution is -0.131. The summed E-state index contributed by atoms with van der Waals surface area (Å²) in [5.41, 5.74) is 0.869. The first-order chi connectivity index (χ1) is 7.36. The van der Waals surface area contributed by atoms with Gasteiger partial charge < -0.3 is 14.2 Å². The zero-order valence-electron chi connectivity index (χ0n) is 8.36. The average molecular weight is 204 g/mol. The molecule has 2 aliphatic carbocycles. The molecule has 2 heterocycles. The van der Waals surface area contributed by atoms with E-state index in [-0.39, 0.29) is 5.60 Å². The molecule has 78 valence electrons. The Hall–Kier alpha value is -1.06. The highest BCUT2D eigenvalue weighted by Gasteiger charge is 2.63. The molecule has 1 unspecified atom stereocenters. The molecule has 2 fully saturated rings. The summed E-state index contributed by atoms with van der Waals surface area (Å²) in [7, 11) is 0. The van der Waals surface area contributed by atoms with Crippen molar-refractivity contribution in [1.29, 1.82) is 0 Å². The standard InChI is InChI=1S/C12H12O3/c1-3-9-11(10(4-1)15-11)5-2-6-12(9)13-7-8-14-12/h2-5H,1,6-8H2. The van der Waals surface area contributed by atoms with Crippen LogP contribution >= 0.6 is 0 Å². The van der Waals surface area contributed by atoms with Gasteiger partial charge in [0.2, 0.25) is 5.60 Å². The first kappa shape index (κ1) is 8.13. The fourth-order valence-corrected chi connectivity index (χ4v) is 2.83. The molecule has 0 aromatic rings. The van der Waals surface area contributed by atoms with Gasteiger partial charge in [0.25, 0.3) is 0 Å². The smallest absolute Gasteiger partial charge is 0.209 e. The van der Waals surface area contributed by atoms with Crippen LogP contribution in [0, 0.1) is 0 Å². The zero-order chi connectivity index (χ0) is 9.93. The number of hydrogen-bond donors (Lipinski definition) is 0. The molecule has 2 saturated heterocycles. The fraction of sp³-hybridized carbons (Fsp3) is 0.500. The Morgan fingerprint density at radius 2 is 2.00 bits per heavy atom. The molecule has 0 radical (unpaired) electrons. The van der Waals surface area contributed by atoms with Crippen molar-refractivity contribution in [1.82, 2.24) is 0 Å². The summed E-state index contributed by atoms with van der Waals surface area (Å²) in [5, 5.41) is 0. The van der Waals surface area contributed by atoms with E-state index in [4.69, 9.17) is 14.2 Å². The summed E-state index contributed by atoms with van der Waals surface area (Å²) in [6.07, 6.45) is 10.3. The first-order valence-electron chi connectivity index (χ1n) is 5.42. The van der Waals surface area contributed by atoms with Crippen molar-refractivity contribution in [2.45, 2.75) is 24.2 Å². The largest absolute Gasteiger partial charge is 0.470 e. The topological polar surface area (TPSA) is 31.0 Å². The van der Waals surface area contributed by atoms with E-state index in [2.05, 4.69) is 24.3 Å². The van der Waals surface area contributed by atoms with Gasteiger partial charge >= 0.3 is 0 Å². The Morgan fingerprint density at radius 1 is 1.13 bits per heavy atom. The number of rotatable bonds is 0. The average Bonchev–Trinajstić information content (AvgIpc) is 2.79. The maximum Gasteiger partial charge on any atom is 0.209 e. The molecule has 0 amide bonds. The highest BCUT2D eigenvalue weighted by molar-refractivity contribution is 5.55. The summed E-state index contributed by atoms with van der Waals surface area (Å²) in [6.45, 7) is 1.36. The lowest BCUT2D eigenvalue weighted by atomic mass is 9.81. The molecular formula is C12H12O3. The molecule has 1 atom stereocenters. The van der Waals surface area contributed by atoms with Gasteiger partial charge in [-0.2, -0.15) is 0 Å². The van der Waals surface area contributed by atoms with E-state index in [1.165, 1.54) is 0 Å². The first-order valence-corrected chi connectivity index (χ1v) is 5.42. The summed E-state index contributed by atoms with van der Waals surface area (Å²) < 4.78 is 17.3. The van der Waals surface area contributed by atoms with Crippen LogP contribution in [0.3, 0.4) is 0 Å². The molecule has 0 saturated carbocycles. The van der Waals surface area contributed by atoms with Crippen molar-refractivity contribution in [2.75, 3.05) is 13.2 Å². The summed E-state index contributed by atoms with van der Waals surface area (Å²) in [6, 6.07) is 0. The minimum atomic E-state index is -0.523. The molecule has 4 aliphatic rings. The van der Waals surface area contributed by atoms with E-state index >= 15 is 0 Å². The van der Waals surface area contributed by atoms with Gasteiger partial charge in [-0.3, -0.25) is 0 Å². The van der Waals surface area contributed by atoms with Crippen LogP contribution in [0.15, 0.2) is 35.6 Å². The summed E-state index contributed by atoms with van der Waals surface area (Å²) in [5.74, 6) is 0.541. The van der Waals surface area contributed by atoms with Gasteiger partial charge in [-0.1, -0.05) is 12.2 Å². The van der Waals surface area contributed by atoms with E-state index in [9.17, 15) is 0 Å². The highest BCUT2D eigenvalue weighted by atomic mass is 16.7. The zero-order valence-corrected chi connectivity index (χ0v) is 8.36. The van der Waals surface area contributed by atoms with Gasteiger partial charge in [0.05, 0.1) is 13.2 Å². The predicted molar refractivity (Wildman–Crippen MR) is 53.0 cm³/mol. The minimum absolute atomic E-state index is 0.291. The Kier molecular flexibility index (Phi) is 1.28. The Balaban J connectivity index is 1.86. The highest BCUT2D eigenvalue weighted by Crippen LogP contribution is 2.58. The van der Waals surface area contributed by atoms with Crippen LogP contribution in [-0.4, -0.2) is 24.6 Å². The second-order valence-electron chi connectivity index (χ2n) is 4.32. The van der Waals surface area contributed by atoms with Gasteiger partial charge in [0, 0.05) is 12.0 Å². The predicted octanol–water partition coefficient (Wildman–Crippen LogP) is 1.67. The molecule has 0 aromatic heterocycles. The van der Waals surface area contributed by atoms with E-state index in [1.54, 1.807) is 0 Å². The van der Waals surface area contributed by atoms with E-state index in [0.717, 1.165) is 24.2 Å². The Morgan fingerprint density at radius 3 is 2.87 bits per heavy atom. The van der Waals surface area contributed by atoms with Crippen molar-refractivity contribution in [3.63, 3.8) is 0 Å². The normalized spacial score (nSPS) is 38.9. The van der Waals surface area contributed by atoms with Crippen LogP contribution in [0.1, 0.15) is 12.8 Å². The molecule has 4 rings (SSSR count). The molecular weight excluding hydrogens is 192 g/mol. The van der Waals surface area contributed by atoms with Crippen LogP contribution in [0.25, 0.3) is 0 Å². The van der Waals surface area contributed by atoms with Crippen molar-refractivity contribution in [2.24, 2.45) is 0 Å². The summed E-state index contributed by atoms with van der Waals surface area (Å²) >= 11 is 0. The number of hydrogen-bond acceptors (Lipinski definition) is 3. The van der Waals surface area contributed by atoms with E-state index in [1.807, 2.05) is 0 Å². The lowest BCUT2D eigenvalue weighted by Crippen LogP contribution is -2.41. The third-order valence-electron chi connectivity index (χ3n) is 3.52. The van der Waals surface area contributed by atoms with Gasteiger partial charge in [-0.15, -0.1) is 0 Å². The quantitative estimate of drug-likeness (QED) is 0.444. The third kappa shape index (κ3) is 0.840. The second-order valence-corrected chi connectivity index (χ2v) is 4.32. The molecule has 3 heteroatoms. The van der Waals surface area contributed by atoms with Crippen LogP contribution in [0.5, 0.6) is 0 Å². The van der Waals surface area contributed by atoms with E-state index in [0.29, 0.717) is 13.2 Å². The molecule has 2 aliphatic heterocycles.